The molecule has 0 spiro atoms. The molecular weight excluding hydrogens is 346 g/mol. The fraction of sp³-hybridized carbons (Fsp3) is 0.200. The molecule has 27 heavy (non-hydrogen) atoms. The molecule has 0 aliphatic carbocycles. The lowest BCUT2D eigenvalue weighted by molar-refractivity contribution is 0.0696. The Balaban J connectivity index is 1.52. The number of ether oxygens (including phenoxy) is 1. The normalized spacial score (nSPS) is 14.0. The van der Waals surface area contributed by atoms with Crippen molar-refractivity contribution in [2.75, 3.05) is 18.0 Å². The van der Waals surface area contributed by atoms with Crippen molar-refractivity contribution in [1.82, 2.24) is 9.78 Å². The van der Waals surface area contributed by atoms with Gasteiger partial charge < -0.3 is 19.8 Å². The van der Waals surface area contributed by atoms with Crippen LogP contribution in [0.5, 0.6) is 5.75 Å². The predicted molar refractivity (Wildman–Crippen MR) is 99.5 cm³/mol. The maximum atomic E-state index is 11.7. The highest BCUT2D eigenvalue weighted by molar-refractivity contribution is 5.95. The molecule has 1 fully saturated rings. The minimum absolute atomic E-state index is 0.00755. The number of aromatic nitrogens is 2. The molecule has 2 aromatic carbocycles. The molecule has 0 bridgehead atoms. The van der Waals surface area contributed by atoms with Crippen molar-refractivity contribution >= 4 is 11.7 Å². The molecule has 138 valence electrons. The third kappa shape index (κ3) is 3.37. The van der Waals surface area contributed by atoms with Gasteiger partial charge in [-0.1, -0.05) is 18.2 Å². The van der Waals surface area contributed by atoms with Crippen molar-refractivity contribution in [1.29, 1.82) is 0 Å². The van der Waals surface area contributed by atoms with E-state index in [1.165, 1.54) is 0 Å². The van der Waals surface area contributed by atoms with Crippen molar-refractivity contribution in [3.05, 3.63) is 72.1 Å². The van der Waals surface area contributed by atoms with Crippen LogP contribution in [0.2, 0.25) is 0 Å². The van der Waals surface area contributed by atoms with Gasteiger partial charge in [0.05, 0.1) is 30.9 Å². The van der Waals surface area contributed by atoms with Crippen molar-refractivity contribution < 1.29 is 19.7 Å². The van der Waals surface area contributed by atoms with Crippen molar-refractivity contribution in [2.24, 2.45) is 0 Å². The Morgan fingerprint density at radius 3 is 2.56 bits per heavy atom. The van der Waals surface area contributed by atoms with E-state index in [1.54, 1.807) is 35.3 Å². The molecule has 7 nitrogen and oxygen atoms in total. The van der Waals surface area contributed by atoms with Crippen LogP contribution in [0.3, 0.4) is 0 Å². The monoisotopic (exact) mass is 365 g/mol. The molecule has 4 rings (SSSR count). The van der Waals surface area contributed by atoms with Gasteiger partial charge in [0.15, 0.2) is 0 Å². The van der Waals surface area contributed by atoms with Crippen LogP contribution in [0.4, 0.5) is 5.69 Å². The maximum Gasteiger partial charge on any atom is 0.337 e. The van der Waals surface area contributed by atoms with Gasteiger partial charge in [0.2, 0.25) is 0 Å². The van der Waals surface area contributed by atoms with Gasteiger partial charge in [-0.25, -0.2) is 9.48 Å². The summed E-state index contributed by atoms with van der Waals surface area (Å²) in [7, 11) is 0. The first-order chi connectivity index (χ1) is 13.2. The Hall–Kier alpha value is -3.32. The van der Waals surface area contributed by atoms with E-state index in [0.717, 1.165) is 17.0 Å². The second-order valence-corrected chi connectivity index (χ2v) is 6.38. The standard InChI is InChI=1S/C20H19N3O4/c24-13-14-5-7-15(8-6-14)27-16-11-22(12-16)18-4-1-3-17(20(25)26)19(18)23-10-2-9-21-23/h1-10,16,24H,11-13H2,(H,25,26). The Bertz CT molecular complexity index is 932. The number of aliphatic hydroxyl groups is 1. The first-order valence-corrected chi connectivity index (χ1v) is 8.63. The van der Waals surface area contributed by atoms with E-state index in [2.05, 4.69) is 10.00 Å². The fourth-order valence-electron chi connectivity index (χ4n) is 3.18. The second-order valence-electron chi connectivity index (χ2n) is 6.38. The molecule has 1 saturated heterocycles. The summed E-state index contributed by atoms with van der Waals surface area (Å²) >= 11 is 0. The maximum absolute atomic E-state index is 11.7. The SMILES string of the molecule is O=C(O)c1cccc(N2CC(Oc3ccc(CO)cc3)C2)c1-n1cccn1. The minimum Gasteiger partial charge on any atom is -0.487 e. The van der Waals surface area contributed by atoms with Gasteiger partial charge in [-0.15, -0.1) is 0 Å². The van der Waals surface area contributed by atoms with Crippen LogP contribution >= 0.6 is 0 Å². The van der Waals surface area contributed by atoms with E-state index in [4.69, 9.17) is 9.84 Å². The molecule has 1 aliphatic rings. The minimum atomic E-state index is -0.986. The molecule has 0 unspecified atom stereocenters. The van der Waals surface area contributed by atoms with Crippen LogP contribution in [0.1, 0.15) is 15.9 Å². The number of aliphatic hydroxyl groups excluding tert-OH is 1. The summed E-state index contributed by atoms with van der Waals surface area (Å²) in [5.74, 6) is -0.233. The molecule has 2 heterocycles. The summed E-state index contributed by atoms with van der Waals surface area (Å²) in [5.41, 5.74) is 2.42. The lowest BCUT2D eigenvalue weighted by atomic mass is 10.1. The number of aromatic carboxylic acids is 1. The quantitative estimate of drug-likeness (QED) is 0.697. The van der Waals surface area contributed by atoms with Crippen LogP contribution in [-0.4, -0.2) is 45.2 Å². The van der Waals surface area contributed by atoms with E-state index in [0.29, 0.717) is 18.8 Å². The van der Waals surface area contributed by atoms with Crippen molar-refractivity contribution in [3.8, 4) is 11.4 Å². The van der Waals surface area contributed by atoms with Crippen LogP contribution < -0.4 is 9.64 Å². The molecule has 1 aliphatic heterocycles. The summed E-state index contributed by atoms with van der Waals surface area (Å²) < 4.78 is 7.53. The Morgan fingerprint density at radius 1 is 1.15 bits per heavy atom. The number of para-hydroxylation sites is 1. The number of hydrogen-bond acceptors (Lipinski definition) is 5. The number of nitrogens with zero attached hydrogens (tertiary/aromatic N) is 3. The van der Waals surface area contributed by atoms with Crippen LogP contribution in [-0.2, 0) is 6.61 Å². The highest BCUT2D eigenvalue weighted by Gasteiger charge is 2.32. The number of rotatable bonds is 6. The zero-order chi connectivity index (χ0) is 18.8. The molecule has 0 saturated carbocycles. The second kappa shape index (κ2) is 7.13. The largest absolute Gasteiger partial charge is 0.487 e. The molecule has 2 N–H and O–H groups in total. The number of anilines is 1. The number of carbonyl (C=O) groups is 1. The molecule has 0 amide bonds. The summed E-state index contributed by atoms with van der Waals surface area (Å²) in [5, 5.41) is 22.9. The lowest BCUT2D eigenvalue weighted by Gasteiger charge is -2.41. The Labute approximate surface area is 156 Å². The third-order valence-corrected chi connectivity index (χ3v) is 4.58. The molecule has 1 aromatic heterocycles. The van der Waals surface area contributed by atoms with Gasteiger partial charge in [0.25, 0.3) is 0 Å². The first kappa shape index (κ1) is 17.1. The van der Waals surface area contributed by atoms with Gasteiger partial charge in [-0.2, -0.15) is 5.10 Å². The van der Waals surface area contributed by atoms with E-state index in [1.807, 2.05) is 30.3 Å². The smallest absolute Gasteiger partial charge is 0.337 e. The molecule has 0 radical (unpaired) electrons. The van der Waals surface area contributed by atoms with Crippen LogP contribution in [0.25, 0.3) is 5.69 Å². The topological polar surface area (TPSA) is 87.8 Å². The van der Waals surface area contributed by atoms with Crippen LogP contribution in [0, 0.1) is 0 Å². The van der Waals surface area contributed by atoms with Gasteiger partial charge >= 0.3 is 5.97 Å². The van der Waals surface area contributed by atoms with E-state index < -0.39 is 5.97 Å². The lowest BCUT2D eigenvalue weighted by Crippen LogP contribution is -2.54. The molecular formula is C20H19N3O4. The van der Waals surface area contributed by atoms with Crippen molar-refractivity contribution in [2.45, 2.75) is 12.7 Å². The fourth-order valence-corrected chi connectivity index (χ4v) is 3.18. The highest BCUT2D eigenvalue weighted by atomic mass is 16.5. The summed E-state index contributed by atoms with van der Waals surface area (Å²) in [6.45, 7) is 1.31. The highest BCUT2D eigenvalue weighted by Crippen LogP contribution is 2.32. The van der Waals surface area contributed by atoms with E-state index in [-0.39, 0.29) is 18.3 Å². The van der Waals surface area contributed by atoms with Crippen molar-refractivity contribution in [3.63, 3.8) is 0 Å². The number of carboxylic acid groups (broad SMARTS) is 1. The summed E-state index contributed by atoms with van der Waals surface area (Å²) in [6.07, 6.45) is 3.38. The van der Waals surface area contributed by atoms with Crippen LogP contribution in [0.15, 0.2) is 60.9 Å². The Kier molecular flexibility index (Phi) is 4.52. The average molecular weight is 365 g/mol. The third-order valence-electron chi connectivity index (χ3n) is 4.58. The van der Waals surface area contributed by atoms with Gasteiger partial charge in [0.1, 0.15) is 17.5 Å². The molecule has 3 aromatic rings. The number of carboxylic acids is 1. The average Bonchev–Trinajstić information content (AvgIpc) is 3.18. The Morgan fingerprint density at radius 2 is 1.93 bits per heavy atom. The first-order valence-electron chi connectivity index (χ1n) is 8.63. The summed E-state index contributed by atoms with van der Waals surface area (Å²) in [6, 6.07) is 14.3. The van der Waals surface area contributed by atoms with E-state index in [9.17, 15) is 9.90 Å². The zero-order valence-corrected chi connectivity index (χ0v) is 14.5. The van der Waals surface area contributed by atoms with Gasteiger partial charge in [-0.05, 0) is 35.9 Å². The number of benzene rings is 2. The predicted octanol–water partition coefficient (Wildman–Crippen LogP) is 2.33. The van der Waals surface area contributed by atoms with Gasteiger partial charge in [-0.3, -0.25) is 0 Å². The van der Waals surface area contributed by atoms with Gasteiger partial charge in [0, 0.05) is 12.4 Å². The molecule has 0 atom stereocenters. The zero-order valence-electron chi connectivity index (χ0n) is 14.5. The molecule has 7 heteroatoms. The van der Waals surface area contributed by atoms with E-state index >= 15 is 0 Å². The summed E-state index contributed by atoms with van der Waals surface area (Å²) in [4.78, 5) is 13.7. The number of hydrogen-bond donors (Lipinski definition) is 2.